The maximum Gasteiger partial charge on any atom is 0.248 e. The van der Waals surface area contributed by atoms with Crippen molar-refractivity contribution in [3.8, 4) is 11.5 Å². The molecule has 0 aliphatic heterocycles. The van der Waals surface area contributed by atoms with Gasteiger partial charge in [0.15, 0.2) is 0 Å². The Morgan fingerprint density at radius 1 is 0.767 bits per heavy atom. The molecule has 2 N–H and O–H groups in total. The van der Waals surface area contributed by atoms with E-state index in [0.717, 1.165) is 22.6 Å². The zero-order chi connectivity index (χ0) is 22.1. The first kappa shape index (κ1) is 23.9. The highest BCUT2D eigenvalue weighted by Crippen LogP contribution is 2.46. The largest absolute Gasteiger partial charge is 0.497 e. The molecule has 0 bridgehead atoms. The van der Waals surface area contributed by atoms with Gasteiger partial charge in [-0.25, -0.2) is 0 Å². The number of ether oxygens (including phenoxy) is 2. The van der Waals surface area contributed by atoms with E-state index in [1.54, 1.807) is 38.5 Å². The molecular formula is C23H22Cl3NO3. The van der Waals surface area contributed by atoms with E-state index in [9.17, 15) is 4.79 Å². The van der Waals surface area contributed by atoms with Crippen LogP contribution >= 0.6 is 34.8 Å². The van der Waals surface area contributed by atoms with Crippen LogP contribution in [0.2, 0.25) is 0 Å². The van der Waals surface area contributed by atoms with Crippen LogP contribution in [0, 0.1) is 0 Å². The fourth-order valence-electron chi connectivity index (χ4n) is 2.77. The van der Waals surface area contributed by atoms with Crippen LogP contribution in [0.3, 0.4) is 0 Å². The zero-order valence-electron chi connectivity index (χ0n) is 16.5. The number of primary amides is 1. The number of carbonyl (C=O) groups is 1. The molecule has 0 aromatic heterocycles. The van der Waals surface area contributed by atoms with Crippen LogP contribution < -0.4 is 15.2 Å². The first-order valence-corrected chi connectivity index (χ1v) is 10.1. The van der Waals surface area contributed by atoms with Crippen molar-refractivity contribution in [2.24, 2.45) is 5.73 Å². The lowest BCUT2D eigenvalue weighted by atomic mass is 9.92. The standard InChI is InChI=1S/C16H15Cl3O2.C7H7NO/c1-20-13-7-3-11(4-8-13)15(16(17,18)19)12-5-9-14(21-2)10-6-12;8-7(9)6-4-2-1-3-5-6/h3-10,15H,1-2H3;1-5H,(H2,8,9). The van der Waals surface area contributed by atoms with Crippen molar-refractivity contribution < 1.29 is 14.3 Å². The summed E-state index contributed by atoms with van der Waals surface area (Å²) in [4.78, 5) is 10.4. The summed E-state index contributed by atoms with van der Waals surface area (Å²) in [6, 6.07) is 23.8. The molecule has 0 aliphatic rings. The van der Waals surface area contributed by atoms with E-state index >= 15 is 0 Å². The van der Waals surface area contributed by atoms with Crippen LogP contribution in [-0.4, -0.2) is 23.9 Å². The quantitative estimate of drug-likeness (QED) is 0.470. The smallest absolute Gasteiger partial charge is 0.248 e. The molecular weight excluding hydrogens is 445 g/mol. The molecule has 3 aromatic rings. The van der Waals surface area contributed by atoms with Crippen molar-refractivity contribution in [1.29, 1.82) is 0 Å². The molecule has 0 heterocycles. The Hall–Kier alpha value is -2.40. The molecule has 7 heteroatoms. The number of benzene rings is 3. The third-order valence-electron chi connectivity index (χ3n) is 4.28. The predicted molar refractivity (Wildman–Crippen MR) is 123 cm³/mol. The monoisotopic (exact) mass is 465 g/mol. The third-order valence-corrected chi connectivity index (χ3v) is 4.94. The highest BCUT2D eigenvalue weighted by molar-refractivity contribution is 6.68. The summed E-state index contributed by atoms with van der Waals surface area (Å²) in [5, 5.41) is 0. The van der Waals surface area contributed by atoms with Gasteiger partial charge in [-0.15, -0.1) is 0 Å². The summed E-state index contributed by atoms with van der Waals surface area (Å²) in [6.07, 6.45) is 0. The Morgan fingerprint density at radius 2 is 1.17 bits per heavy atom. The van der Waals surface area contributed by atoms with Crippen LogP contribution in [0.4, 0.5) is 0 Å². The molecule has 3 aromatic carbocycles. The summed E-state index contributed by atoms with van der Waals surface area (Å²) in [5.74, 6) is 0.767. The maximum atomic E-state index is 10.4. The van der Waals surface area contributed by atoms with Crippen molar-refractivity contribution in [3.05, 3.63) is 95.6 Å². The average molecular weight is 467 g/mol. The summed E-state index contributed by atoms with van der Waals surface area (Å²) in [7, 11) is 3.23. The molecule has 0 fully saturated rings. The van der Waals surface area contributed by atoms with E-state index in [1.807, 2.05) is 54.6 Å². The van der Waals surface area contributed by atoms with Gasteiger partial charge in [0, 0.05) is 5.56 Å². The lowest BCUT2D eigenvalue weighted by Crippen LogP contribution is -2.18. The SMILES string of the molecule is COc1ccc(C(c2ccc(OC)cc2)C(Cl)(Cl)Cl)cc1.NC(=O)c1ccccc1. The number of rotatable bonds is 5. The highest BCUT2D eigenvalue weighted by Gasteiger charge is 2.35. The van der Waals surface area contributed by atoms with Gasteiger partial charge in [0.2, 0.25) is 9.70 Å². The average Bonchev–Trinajstić information content (AvgIpc) is 2.75. The fraction of sp³-hybridized carbons (Fsp3) is 0.174. The van der Waals surface area contributed by atoms with Crippen LogP contribution in [-0.2, 0) is 0 Å². The van der Waals surface area contributed by atoms with Crippen molar-refractivity contribution in [2.75, 3.05) is 14.2 Å². The second-order valence-electron chi connectivity index (χ2n) is 6.25. The molecule has 0 spiro atoms. The molecule has 0 radical (unpaired) electrons. The molecule has 1 amide bonds. The molecule has 0 unspecified atom stereocenters. The number of nitrogens with two attached hydrogens (primary N) is 1. The first-order chi connectivity index (χ1) is 14.3. The van der Waals surface area contributed by atoms with E-state index in [-0.39, 0.29) is 11.8 Å². The highest BCUT2D eigenvalue weighted by atomic mass is 35.6. The van der Waals surface area contributed by atoms with Crippen LogP contribution in [0.5, 0.6) is 11.5 Å². The van der Waals surface area contributed by atoms with Gasteiger partial charge in [-0.3, -0.25) is 4.79 Å². The number of hydrogen-bond acceptors (Lipinski definition) is 3. The predicted octanol–water partition coefficient (Wildman–Crippen LogP) is 5.99. The molecule has 0 saturated carbocycles. The van der Waals surface area contributed by atoms with Crippen molar-refractivity contribution in [1.82, 2.24) is 0 Å². The number of hydrogen-bond donors (Lipinski definition) is 1. The third kappa shape index (κ3) is 6.84. The Morgan fingerprint density at radius 3 is 1.43 bits per heavy atom. The minimum absolute atomic E-state index is 0.376. The minimum Gasteiger partial charge on any atom is -0.497 e. The first-order valence-electron chi connectivity index (χ1n) is 8.95. The van der Waals surface area contributed by atoms with Gasteiger partial charge in [-0.2, -0.15) is 0 Å². The summed E-state index contributed by atoms with van der Waals surface area (Å²) in [6.45, 7) is 0. The Kier molecular flexibility index (Phi) is 8.85. The topological polar surface area (TPSA) is 61.6 Å². The van der Waals surface area contributed by atoms with Gasteiger partial charge in [0.05, 0.1) is 20.1 Å². The van der Waals surface area contributed by atoms with Gasteiger partial charge in [0.25, 0.3) is 0 Å². The van der Waals surface area contributed by atoms with Crippen LogP contribution in [0.15, 0.2) is 78.9 Å². The molecule has 158 valence electrons. The Bertz CT molecular complexity index is 877. The zero-order valence-corrected chi connectivity index (χ0v) is 18.8. The van der Waals surface area contributed by atoms with Crippen molar-refractivity contribution >= 4 is 40.7 Å². The second-order valence-corrected chi connectivity index (χ2v) is 8.62. The Balaban J connectivity index is 0.000000297. The van der Waals surface area contributed by atoms with Gasteiger partial charge < -0.3 is 15.2 Å². The van der Waals surface area contributed by atoms with E-state index < -0.39 is 3.79 Å². The maximum absolute atomic E-state index is 10.4. The van der Waals surface area contributed by atoms with Crippen molar-refractivity contribution in [3.63, 3.8) is 0 Å². The fourth-order valence-corrected chi connectivity index (χ4v) is 3.52. The number of carbonyl (C=O) groups excluding carboxylic acids is 1. The molecule has 30 heavy (non-hydrogen) atoms. The molecule has 0 aliphatic carbocycles. The van der Waals surface area contributed by atoms with Crippen LogP contribution in [0.25, 0.3) is 0 Å². The van der Waals surface area contributed by atoms with Crippen LogP contribution in [0.1, 0.15) is 27.4 Å². The van der Waals surface area contributed by atoms with Gasteiger partial charge in [-0.1, -0.05) is 77.3 Å². The second kappa shape index (κ2) is 11.1. The number of halogens is 3. The minimum atomic E-state index is -1.46. The molecule has 4 nitrogen and oxygen atoms in total. The molecule has 3 rings (SSSR count). The lowest BCUT2D eigenvalue weighted by Gasteiger charge is -2.25. The van der Waals surface area contributed by atoms with E-state index in [0.29, 0.717) is 5.56 Å². The van der Waals surface area contributed by atoms with E-state index in [2.05, 4.69) is 0 Å². The van der Waals surface area contributed by atoms with E-state index in [4.69, 9.17) is 50.0 Å². The summed E-state index contributed by atoms with van der Waals surface area (Å²) < 4.78 is 8.85. The van der Waals surface area contributed by atoms with Gasteiger partial charge in [0.1, 0.15) is 11.5 Å². The Labute approximate surface area is 191 Å². The van der Waals surface area contributed by atoms with Gasteiger partial charge in [-0.05, 0) is 47.5 Å². The number of alkyl halides is 3. The molecule has 0 atom stereocenters. The normalized spacial score (nSPS) is 10.7. The molecule has 0 saturated heterocycles. The summed E-state index contributed by atoms with van der Waals surface area (Å²) in [5.41, 5.74) is 7.34. The van der Waals surface area contributed by atoms with E-state index in [1.165, 1.54) is 0 Å². The van der Waals surface area contributed by atoms with Gasteiger partial charge >= 0.3 is 0 Å². The lowest BCUT2D eigenvalue weighted by molar-refractivity contribution is 0.100. The summed E-state index contributed by atoms with van der Waals surface area (Å²) >= 11 is 18.6. The number of methoxy groups -OCH3 is 2. The van der Waals surface area contributed by atoms with Crippen molar-refractivity contribution in [2.45, 2.75) is 9.71 Å². The number of amides is 1.